The minimum absolute atomic E-state index is 0.184. The number of hydrogen-bond donors (Lipinski definition) is 1. The minimum atomic E-state index is -0.313. The van der Waals surface area contributed by atoms with Gasteiger partial charge in [0.05, 0.1) is 18.4 Å². The van der Waals surface area contributed by atoms with E-state index in [1.165, 1.54) is 0 Å². The fraction of sp³-hybridized carbons (Fsp3) is 0.120. The van der Waals surface area contributed by atoms with Crippen molar-refractivity contribution in [2.75, 3.05) is 7.11 Å². The fourth-order valence-corrected chi connectivity index (χ4v) is 4.43. The molecule has 0 fully saturated rings. The number of methoxy groups -OCH3 is 1. The Hall–Kier alpha value is -3.38. The number of nitrogens with one attached hydrogen (secondary N) is 1. The highest BCUT2D eigenvalue weighted by Crippen LogP contribution is 2.38. The maximum atomic E-state index is 13.2. The summed E-state index contributed by atoms with van der Waals surface area (Å²) in [4.78, 5) is 22.0. The average Bonchev–Trinajstić information content (AvgIpc) is 3.28. The van der Waals surface area contributed by atoms with Gasteiger partial charge >= 0.3 is 0 Å². The van der Waals surface area contributed by atoms with Gasteiger partial charge in [0.25, 0.3) is 5.56 Å². The van der Waals surface area contributed by atoms with Gasteiger partial charge in [-0.3, -0.25) is 4.79 Å². The standard InChI is InChI=1S/C25H19BrN2O3/c1-30-21-10-6-5-9-17(21)22-14-20(28-31-22)24-23(15-7-3-2-4-8-15)18-13-16(26)11-12-19(18)27-25(24)29/h2-13,22H,14H2,1H3,(H,27,29). The molecule has 1 aliphatic heterocycles. The van der Waals surface area contributed by atoms with Gasteiger partial charge in [-0.2, -0.15) is 0 Å². The van der Waals surface area contributed by atoms with Crippen LogP contribution in [-0.4, -0.2) is 17.8 Å². The van der Waals surface area contributed by atoms with Crippen LogP contribution in [0.1, 0.15) is 23.7 Å². The molecule has 0 amide bonds. The fourth-order valence-electron chi connectivity index (χ4n) is 4.07. The Bertz CT molecular complexity index is 1360. The molecule has 1 unspecified atom stereocenters. The number of halogens is 1. The lowest BCUT2D eigenvalue weighted by molar-refractivity contribution is 0.0837. The number of pyridine rings is 1. The highest BCUT2D eigenvalue weighted by atomic mass is 79.9. The van der Waals surface area contributed by atoms with Crippen LogP contribution in [-0.2, 0) is 4.84 Å². The lowest BCUT2D eigenvalue weighted by Crippen LogP contribution is -2.20. The SMILES string of the molecule is COc1ccccc1C1CC(c2c(-c3ccccc3)c3cc(Br)ccc3[nH]c2=O)=NO1. The molecule has 1 aromatic heterocycles. The Kier molecular flexibility index (Phi) is 5.08. The summed E-state index contributed by atoms with van der Waals surface area (Å²) in [6.07, 6.45) is 0.162. The summed E-state index contributed by atoms with van der Waals surface area (Å²) in [5.74, 6) is 0.739. The van der Waals surface area contributed by atoms with E-state index in [1.54, 1.807) is 7.11 Å². The van der Waals surface area contributed by atoms with E-state index in [0.29, 0.717) is 17.7 Å². The predicted molar refractivity (Wildman–Crippen MR) is 126 cm³/mol. The molecule has 0 radical (unpaired) electrons. The minimum Gasteiger partial charge on any atom is -0.496 e. The van der Waals surface area contributed by atoms with Gasteiger partial charge in [-0.05, 0) is 29.8 Å². The quantitative estimate of drug-likeness (QED) is 0.404. The van der Waals surface area contributed by atoms with Crippen LogP contribution >= 0.6 is 15.9 Å². The highest BCUT2D eigenvalue weighted by Gasteiger charge is 2.30. The number of benzene rings is 3. The molecule has 154 valence electrons. The van der Waals surface area contributed by atoms with Crippen LogP contribution in [0, 0.1) is 0 Å². The van der Waals surface area contributed by atoms with Gasteiger partial charge in [0.15, 0.2) is 6.10 Å². The number of para-hydroxylation sites is 1. The molecule has 2 heterocycles. The number of rotatable bonds is 4. The van der Waals surface area contributed by atoms with Crippen molar-refractivity contribution in [3.63, 3.8) is 0 Å². The summed E-state index contributed by atoms with van der Waals surface area (Å²) < 4.78 is 6.42. The number of aromatic amines is 1. The van der Waals surface area contributed by atoms with Crippen LogP contribution in [0.15, 0.2) is 87.2 Å². The van der Waals surface area contributed by atoms with Crippen molar-refractivity contribution in [2.45, 2.75) is 12.5 Å². The van der Waals surface area contributed by atoms with Crippen LogP contribution < -0.4 is 10.3 Å². The lowest BCUT2D eigenvalue weighted by atomic mass is 9.91. The second-order valence-corrected chi connectivity index (χ2v) is 8.25. The molecule has 0 aliphatic carbocycles. The second kappa shape index (κ2) is 8.04. The van der Waals surface area contributed by atoms with Crippen LogP contribution in [0.4, 0.5) is 0 Å². The van der Waals surface area contributed by atoms with E-state index in [9.17, 15) is 4.79 Å². The van der Waals surface area contributed by atoms with Crippen molar-refractivity contribution in [2.24, 2.45) is 5.16 Å². The van der Waals surface area contributed by atoms with Gasteiger partial charge in [0.1, 0.15) is 5.75 Å². The molecule has 5 rings (SSSR count). The first kappa shape index (κ1) is 19.6. The van der Waals surface area contributed by atoms with Gasteiger partial charge in [-0.25, -0.2) is 0 Å². The van der Waals surface area contributed by atoms with Gasteiger partial charge in [-0.15, -0.1) is 0 Å². The molecule has 1 aliphatic rings. The Morgan fingerprint density at radius 1 is 1.03 bits per heavy atom. The first-order valence-corrected chi connectivity index (χ1v) is 10.7. The monoisotopic (exact) mass is 474 g/mol. The first-order chi connectivity index (χ1) is 15.2. The van der Waals surface area contributed by atoms with Crippen LogP contribution in [0.25, 0.3) is 22.0 Å². The smallest absolute Gasteiger partial charge is 0.258 e. The molecule has 0 bridgehead atoms. The Morgan fingerprint density at radius 3 is 2.61 bits per heavy atom. The second-order valence-electron chi connectivity index (χ2n) is 7.34. The molecule has 0 saturated carbocycles. The molecule has 31 heavy (non-hydrogen) atoms. The number of ether oxygens (including phenoxy) is 1. The van der Waals surface area contributed by atoms with E-state index >= 15 is 0 Å². The van der Waals surface area contributed by atoms with Crippen molar-refractivity contribution in [1.29, 1.82) is 0 Å². The first-order valence-electron chi connectivity index (χ1n) is 9.92. The number of aromatic nitrogens is 1. The normalized spacial score (nSPS) is 15.5. The van der Waals surface area contributed by atoms with Crippen molar-refractivity contribution in [3.8, 4) is 16.9 Å². The molecule has 1 atom stereocenters. The third-order valence-electron chi connectivity index (χ3n) is 5.48. The van der Waals surface area contributed by atoms with Crippen LogP contribution in [0.2, 0.25) is 0 Å². The number of H-pyrrole nitrogens is 1. The summed E-state index contributed by atoms with van der Waals surface area (Å²) in [6.45, 7) is 0. The number of hydrogen-bond acceptors (Lipinski definition) is 4. The highest BCUT2D eigenvalue weighted by molar-refractivity contribution is 9.10. The summed E-state index contributed by atoms with van der Waals surface area (Å²) in [6, 6.07) is 23.5. The molecule has 1 N–H and O–H groups in total. The zero-order chi connectivity index (χ0) is 21.4. The van der Waals surface area contributed by atoms with Gasteiger partial charge < -0.3 is 14.6 Å². The van der Waals surface area contributed by atoms with Crippen LogP contribution in [0.5, 0.6) is 5.75 Å². The Morgan fingerprint density at radius 2 is 1.81 bits per heavy atom. The molecule has 5 nitrogen and oxygen atoms in total. The Balaban J connectivity index is 1.67. The van der Waals surface area contributed by atoms with Gasteiger partial charge in [0.2, 0.25) is 0 Å². The molecular formula is C25H19BrN2O3. The number of oxime groups is 1. The molecule has 4 aromatic rings. The molecule has 0 saturated heterocycles. The van der Waals surface area contributed by atoms with Gasteiger partial charge in [0, 0.05) is 32.9 Å². The van der Waals surface area contributed by atoms with E-state index in [4.69, 9.17) is 9.57 Å². The van der Waals surface area contributed by atoms with E-state index in [2.05, 4.69) is 26.1 Å². The van der Waals surface area contributed by atoms with E-state index in [-0.39, 0.29) is 11.7 Å². The van der Waals surface area contributed by atoms with Crippen molar-refractivity contribution in [1.82, 2.24) is 4.98 Å². The Labute approximate surface area is 187 Å². The number of fused-ring (bicyclic) bond motifs is 1. The van der Waals surface area contributed by atoms with Crippen molar-refractivity contribution in [3.05, 3.63) is 98.7 Å². The molecule has 6 heteroatoms. The summed E-state index contributed by atoms with van der Waals surface area (Å²) in [7, 11) is 1.63. The third kappa shape index (κ3) is 3.53. The van der Waals surface area contributed by atoms with Crippen molar-refractivity contribution >= 4 is 32.5 Å². The molecule has 3 aromatic carbocycles. The average molecular weight is 475 g/mol. The van der Waals surface area contributed by atoms with Gasteiger partial charge in [-0.1, -0.05) is 69.6 Å². The maximum absolute atomic E-state index is 13.2. The third-order valence-corrected chi connectivity index (χ3v) is 5.98. The lowest BCUT2D eigenvalue weighted by Gasteiger charge is -2.14. The largest absolute Gasteiger partial charge is 0.496 e. The predicted octanol–water partition coefficient (Wildman–Crippen LogP) is 5.83. The van der Waals surface area contributed by atoms with E-state index < -0.39 is 0 Å². The molecule has 0 spiro atoms. The zero-order valence-electron chi connectivity index (χ0n) is 16.8. The molecular weight excluding hydrogens is 456 g/mol. The van der Waals surface area contributed by atoms with Crippen LogP contribution in [0.3, 0.4) is 0 Å². The summed E-state index contributed by atoms with van der Waals surface area (Å²) >= 11 is 3.56. The van der Waals surface area contributed by atoms with E-state index in [0.717, 1.165) is 37.8 Å². The maximum Gasteiger partial charge on any atom is 0.258 e. The summed E-state index contributed by atoms with van der Waals surface area (Å²) in [5, 5.41) is 5.29. The van der Waals surface area contributed by atoms with E-state index in [1.807, 2.05) is 72.8 Å². The topological polar surface area (TPSA) is 63.7 Å². The van der Waals surface area contributed by atoms with Crippen molar-refractivity contribution < 1.29 is 9.57 Å². The number of nitrogens with zero attached hydrogens (tertiary/aromatic N) is 1. The summed E-state index contributed by atoms with van der Waals surface area (Å²) in [5.41, 5.74) is 4.46. The zero-order valence-corrected chi connectivity index (χ0v) is 18.3.